The molecule has 1 heterocycles. The van der Waals surface area contributed by atoms with Crippen LogP contribution in [0.3, 0.4) is 0 Å². The van der Waals surface area contributed by atoms with Crippen molar-refractivity contribution in [3.8, 4) is 17.2 Å². The Hall–Kier alpha value is -3.68. The molecular weight excluding hydrogens is 505 g/mol. The molecule has 0 bridgehead atoms. The maximum absolute atomic E-state index is 13.4. The summed E-state index contributed by atoms with van der Waals surface area (Å²) < 4.78 is 16.3. The molecule has 0 aliphatic carbocycles. The summed E-state index contributed by atoms with van der Waals surface area (Å²) in [5.74, 6) is -1.08. The van der Waals surface area contributed by atoms with Gasteiger partial charge in [0.25, 0.3) is 11.7 Å². The van der Waals surface area contributed by atoms with E-state index in [1.54, 1.807) is 48.5 Å². The van der Waals surface area contributed by atoms with Crippen LogP contribution in [0, 0.1) is 0 Å². The van der Waals surface area contributed by atoms with Crippen LogP contribution in [0.15, 0.2) is 66.2 Å². The van der Waals surface area contributed by atoms with Gasteiger partial charge in [0, 0.05) is 22.8 Å². The maximum atomic E-state index is 13.4. The first kappa shape index (κ1) is 25.4. The third-order valence-corrected chi connectivity index (χ3v) is 6.31. The van der Waals surface area contributed by atoms with Gasteiger partial charge in [-0.1, -0.05) is 41.4 Å². The molecule has 1 aliphatic heterocycles. The van der Waals surface area contributed by atoms with Gasteiger partial charge in [-0.25, -0.2) is 0 Å². The lowest BCUT2D eigenvalue weighted by molar-refractivity contribution is -0.132. The smallest absolute Gasteiger partial charge is 0.300 e. The number of ether oxygens (including phenoxy) is 3. The number of halogens is 2. The molecule has 1 fully saturated rings. The van der Waals surface area contributed by atoms with Crippen LogP contribution in [0.4, 0.5) is 5.69 Å². The van der Waals surface area contributed by atoms with Crippen LogP contribution in [-0.2, 0) is 9.59 Å². The zero-order chi connectivity index (χ0) is 26.0. The number of ketones is 1. The summed E-state index contributed by atoms with van der Waals surface area (Å²) in [7, 11) is 2.83. The van der Waals surface area contributed by atoms with Crippen LogP contribution in [0.1, 0.15) is 24.1 Å². The number of aliphatic hydroxyl groups is 1. The largest absolute Gasteiger partial charge is 0.507 e. The summed E-state index contributed by atoms with van der Waals surface area (Å²) in [6, 6.07) is 15.5. The van der Waals surface area contributed by atoms with Gasteiger partial charge in [-0.3, -0.25) is 14.5 Å². The molecule has 0 saturated carbocycles. The highest BCUT2D eigenvalue weighted by Crippen LogP contribution is 2.45. The normalized spacial score (nSPS) is 16.8. The van der Waals surface area contributed by atoms with E-state index in [0.717, 1.165) is 0 Å². The fraction of sp³-hybridized carbons (Fsp3) is 0.185. The Balaban J connectivity index is 1.97. The van der Waals surface area contributed by atoms with Crippen molar-refractivity contribution in [2.24, 2.45) is 0 Å². The molecule has 0 aromatic heterocycles. The van der Waals surface area contributed by atoms with Gasteiger partial charge in [0.2, 0.25) is 0 Å². The standard InChI is InChI=1S/C27H23Cl2NO6/c1-4-36-18-7-5-6-17(12-18)30-24(15-8-10-16(28)11-9-15)23(26(32)27(30)33)25(31)19-13-22(35-3)20(29)14-21(19)34-2/h5-14,24,31H,4H2,1-3H3/b25-23+. The first-order valence-corrected chi connectivity index (χ1v) is 11.8. The first-order valence-electron chi connectivity index (χ1n) is 11.0. The van der Waals surface area contributed by atoms with Crippen molar-refractivity contribution < 1.29 is 28.9 Å². The summed E-state index contributed by atoms with van der Waals surface area (Å²) in [6.45, 7) is 2.28. The van der Waals surface area contributed by atoms with Gasteiger partial charge in [0.15, 0.2) is 0 Å². The highest BCUT2D eigenvalue weighted by molar-refractivity contribution is 6.51. The number of benzene rings is 3. The molecule has 3 aromatic rings. The second-order valence-electron chi connectivity index (χ2n) is 7.84. The number of nitrogens with zero attached hydrogens (tertiary/aromatic N) is 1. The summed E-state index contributed by atoms with van der Waals surface area (Å²) in [6.07, 6.45) is 0. The average molecular weight is 528 g/mol. The van der Waals surface area contributed by atoms with E-state index < -0.39 is 23.5 Å². The van der Waals surface area contributed by atoms with Crippen LogP contribution < -0.4 is 19.1 Å². The van der Waals surface area contributed by atoms with Gasteiger partial charge in [-0.05, 0) is 42.8 Å². The van der Waals surface area contributed by atoms with Crippen molar-refractivity contribution in [3.63, 3.8) is 0 Å². The minimum absolute atomic E-state index is 0.119. The predicted octanol–water partition coefficient (Wildman–Crippen LogP) is 6.04. The van der Waals surface area contributed by atoms with Crippen molar-refractivity contribution in [1.29, 1.82) is 0 Å². The van der Waals surface area contributed by atoms with E-state index >= 15 is 0 Å². The van der Waals surface area contributed by atoms with E-state index in [1.165, 1.54) is 31.3 Å². The lowest BCUT2D eigenvalue weighted by Gasteiger charge is -2.26. The molecule has 1 N–H and O–H groups in total. The first-order chi connectivity index (χ1) is 17.3. The fourth-order valence-corrected chi connectivity index (χ4v) is 4.50. The summed E-state index contributed by atoms with van der Waals surface area (Å²) in [5, 5.41) is 12.2. The van der Waals surface area contributed by atoms with Crippen LogP contribution in [0.5, 0.6) is 17.2 Å². The number of hydrogen-bond donors (Lipinski definition) is 1. The van der Waals surface area contributed by atoms with E-state index in [1.807, 2.05) is 6.92 Å². The van der Waals surface area contributed by atoms with Crippen molar-refractivity contribution in [2.45, 2.75) is 13.0 Å². The molecule has 1 atom stereocenters. The molecule has 36 heavy (non-hydrogen) atoms. The van der Waals surface area contributed by atoms with E-state index in [4.69, 9.17) is 37.4 Å². The molecular formula is C27H23Cl2NO6. The average Bonchev–Trinajstić information content (AvgIpc) is 3.14. The number of carbonyl (C=O) groups excluding carboxylic acids is 2. The molecule has 1 amide bonds. The van der Waals surface area contributed by atoms with E-state index in [0.29, 0.717) is 28.6 Å². The second kappa shape index (κ2) is 10.5. The molecule has 4 rings (SSSR count). The topological polar surface area (TPSA) is 85.3 Å². The van der Waals surface area contributed by atoms with Gasteiger partial charge < -0.3 is 19.3 Å². The summed E-state index contributed by atoms with van der Waals surface area (Å²) in [4.78, 5) is 28.1. The summed E-state index contributed by atoms with van der Waals surface area (Å²) >= 11 is 12.3. The summed E-state index contributed by atoms with van der Waals surface area (Å²) in [5.41, 5.74) is 1.04. The highest BCUT2D eigenvalue weighted by Gasteiger charge is 2.47. The van der Waals surface area contributed by atoms with Gasteiger partial charge in [0.1, 0.15) is 23.0 Å². The number of carbonyl (C=O) groups is 2. The Bertz CT molecular complexity index is 1350. The van der Waals surface area contributed by atoms with Crippen molar-refractivity contribution in [2.75, 3.05) is 25.7 Å². The number of hydrogen-bond acceptors (Lipinski definition) is 6. The Morgan fingerprint density at radius 2 is 1.67 bits per heavy atom. The Labute approximate surface area is 218 Å². The minimum atomic E-state index is -0.953. The Kier molecular flexibility index (Phi) is 7.43. The number of rotatable bonds is 7. The number of aliphatic hydroxyl groups excluding tert-OH is 1. The van der Waals surface area contributed by atoms with Crippen molar-refractivity contribution in [1.82, 2.24) is 0 Å². The zero-order valence-electron chi connectivity index (χ0n) is 19.7. The van der Waals surface area contributed by atoms with Crippen LogP contribution in [-0.4, -0.2) is 37.6 Å². The van der Waals surface area contributed by atoms with Crippen LogP contribution >= 0.6 is 23.2 Å². The molecule has 0 radical (unpaired) electrons. The molecule has 1 aliphatic rings. The quantitative estimate of drug-likeness (QED) is 0.229. The van der Waals surface area contributed by atoms with Crippen LogP contribution in [0.25, 0.3) is 5.76 Å². The monoisotopic (exact) mass is 527 g/mol. The molecule has 3 aromatic carbocycles. The van der Waals surface area contributed by atoms with Crippen molar-refractivity contribution in [3.05, 3.63) is 87.4 Å². The minimum Gasteiger partial charge on any atom is -0.507 e. The van der Waals surface area contributed by atoms with Crippen molar-refractivity contribution >= 4 is 46.3 Å². The second-order valence-corrected chi connectivity index (χ2v) is 8.68. The van der Waals surface area contributed by atoms with E-state index in [2.05, 4.69) is 0 Å². The molecule has 0 spiro atoms. The van der Waals surface area contributed by atoms with E-state index in [9.17, 15) is 14.7 Å². The lowest BCUT2D eigenvalue weighted by atomic mass is 9.94. The molecule has 1 unspecified atom stereocenters. The fourth-order valence-electron chi connectivity index (χ4n) is 4.14. The predicted molar refractivity (Wildman–Crippen MR) is 138 cm³/mol. The SMILES string of the molecule is CCOc1cccc(N2C(=O)C(=O)/C(=C(/O)c3cc(OC)c(Cl)cc3OC)C2c2ccc(Cl)cc2)c1. The third-order valence-electron chi connectivity index (χ3n) is 5.77. The molecule has 9 heteroatoms. The molecule has 1 saturated heterocycles. The Morgan fingerprint density at radius 1 is 0.972 bits per heavy atom. The third kappa shape index (κ3) is 4.59. The number of methoxy groups -OCH3 is 2. The number of Topliss-reactive ketones (excluding diaryl/α,β-unsaturated/α-hetero) is 1. The number of amides is 1. The molecule has 186 valence electrons. The van der Waals surface area contributed by atoms with Gasteiger partial charge in [-0.2, -0.15) is 0 Å². The Morgan fingerprint density at radius 3 is 2.31 bits per heavy atom. The maximum Gasteiger partial charge on any atom is 0.300 e. The van der Waals surface area contributed by atoms with E-state index in [-0.39, 0.29) is 27.7 Å². The molecule has 7 nitrogen and oxygen atoms in total. The van der Waals surface area contributed by atoms with Gasteiger partial charge >= 0.3 is 0 Å². The lowest BCUT2D eigenvalue weighted by Crippen LogP contribution is -2.29. The van der Waals surface area contributed by atoms with Gasteiger partial charge in [-0.15, -0.1) is 0 Å². The van der Waals surface area contributed by atoms with Gasteiger partial charge in [0.05, 0.1) is 43.0 Å². The zero-order valence-corrected chi connectivity index (χ0v) is 21.3. The highest BCUT2D eigenvalue weighted by atomic mass is 35.5. The number of anilines is 1. The van der Waals surface area contributed by atoms with Crippen LogP contribution in [0.2, 0.25) is 10.0 Å².